The molecule has 2 aliphatic heterocycles. The van der Waals surface area contributed by atoms with Crippen LogP contribution in [0, 0.1) is 35.0 Å². The molecule has 2 heterocycles. The smallest absolute Gasteiger partial charge is 0.399 e. The van der Waals surface area contributed by atoms with Gasteiger partial charge in [0, 0.05) is 12.5 Å². The molecule has 3 unspecified atom stereocenters. The Bertz CT molecular complexity index is 1100. The zero-order valence-corrected chi connectivity index (χ0v) is 25.9. The van der Waals surface area contributed by atoms with E-state index in [2.05, 4.69) is 65.1 Å². The van der Waals surface area contributed by atoms with Crippen molar-refractivity contribution < 1.29 is 19.2 Å². The average molecular weight is 550 g/mol. The van der Waals surface area contributed by atoms with Crippen LogP contribution in [-0.4, -0.2) is 48.9 Å². The summed E-state index contributed by atoms with van der Waals surface area (Å²) in [5.74, 6) is 3.06. The minimum absolute atomic E-state index is 0.124. The van der Waals surface area contributed by atoms with Gasteiger partial charge in [0.2, 0.25) is 0 Å². The minimum atomic E-state index is -0.371. The van der Waals surface area contributed by atoms with Crippen LogP contribution in [0.1, 0.15) is 104 Å². The first-order valence-corrected chi connectivity index (χ1v) is 16.2. The Morgan fingerprint density at radius 2 is 1.60 bits per heavy atom. The van der Waals surface area contributed by atoms with Gasteiger partial charge in [-0.1, -0.05) is 32.0 Å². The molecular weight excluding hydrogens is 497 g/mol. The van der Waals surface area contributed by atoms with Crippen LogP contribution in [0.5, 0.6) is 0 Å². The number of Topliss-reactive ketones (excluding diaryl/α,β-unsaturated/α-hetero) is 1. The highest BCUT2D eigenvalue weighted by Gasteiger charge is 2.55. The summed E-state index contributed by atoms with van der Waals surface area (Å²) >= 11 is 0. The molecule has 6 heteroatoms. The van der Waals surface area contributed by atoms with Gasteiger partial charge >= 0.3 is 7.12 Å². The molecule has 0 radical (unpaired) electrons. The molecule has 2 N–H and O–H groups in total. The van der Waals surface area contributed by atoms with Gasteiger partial charge in [-0.25, -0.2) is 0 Å². The number of carbonyl (C=O) groups is 1. The number of hydrogen-bond donors (Lipinski definition) is 2. The zero-order valence-electron chi connectivity index (χ0n) is 25.9. The van der Waals surface area contributed by atoms with Crippen LogP contribution in [0.2, 0.25) is 0 Å². The van der Waals surface area contributed by atoms with Crippen LogP contribution in [0.4, 0.5) is 0 Å². The Hall–Kier alpha value is -1.21. The lowest BCUT2D eigenvalue weighted by Crippen LogP contribution is -2.54. The maximum absolute atomic E-state index is 14.4. The first-order valence-electron chi connectivity index (χ1n) is 16.2. The topological polar surface area (TPSA) is 67.8 Å². The molecule has 40 heavy (non-hydrogen) atoms. The summed E-state index contributed by atoms with van der Waals surface area (Å²) in [6.45, 7) is 15.4. The Morgan fingerprint density at radius 3 is 2.25 bits per heavy atom. The lowest BCUT2D eigenvalue weighted by Gasteiger charge is -2.50. The van der Waals surface area contributed by atoms with Gasteiger partial charge < -0.3 is 19.7 Å². The summed E-state index contributed by atoms with van der Waals surface area (Å²) in [4.78, 5) is 14.4. The van der Waals surface area contributed by atoms with Crippen molar-refractivity contribution in [2.75, 3.05) is 19.7 Å². The molecule has 0 amide bonds. The monoisotopic (exact) mass is 549 g/mol. The molecule has 2 saturated carbocycles. The van der Waals surface area contributed by atoms with Crippen LogP contribution in [-0.2, 0) is 25.9 Å². The SMILES string of the molecule is CC1(C)CC(CO)CCC(C2CC(C3Cc4cc(B5OC(C)(C)C(C)(C)O5)ccc4C4(CCNCC4)C3=O)C2)C1. The van der Waals surface area contributed by atoms with Crippen LogP contribution in [0.3, 0.4) is 0 Å². The lowest BCUT2D eigenvalue weighted by molar-refractivity contribution is -0.135. The van der Waals surface area contributed by atoms with Crippen molar-refractivity contribution in [3.8, 4) is 0 Å². The average Bonchev–Trinajstić information content (AvgIpc) is 2.99. The van der Waals surface area contributed by atoms with E-state index >= 15 is 0 Å². The quantitative estimate of drug-likeness (QED) is 0.399. The third kappa shape index (κ3) is 4.93. The molecule has 0 bridgehead atoms. The van der Waals surface area contributed by atoms with Gasteiger partial charge in [0.05, 0.1) is 16.6 Å². The van der Waals surface area contributed by atoms with E-state index in [4.69, 9.17) is 9.31 Å². The van der Waals surface area contributed by atoms with Crippen LogP contribution in [0.15, 0.2) is 18.2 Å². The van der Waals surface area contributed by atoms with E-state index in [9.17, 15) is 9.90 Å². The highest BCUT2D eigenvalue weighted by Crippen LogP contribution is 2.54. The molecule has 220 valence electrons. The van der Waals surface area contributed by atoms with Gasteiger partial charge in [-0.05, 0) is 144 Å². The minimum Gasteiger partial charge on any atom is -0.399 e. The largest absolute Gasteiger partial charge is 0.494 e. The van der Waals surface area contributed by atoms with E-state index in [-0.39, 0.29) is 29.7 Å². The van der Waals surface area contributed by atoms with Crippen molar-refractivity contribution in [2.45, 2.75) is 116 Å². The number of carbonyl (C=O) groups excluding carboxylic acids is 1. The number of nitrogens with one attached hydrogen (secondary N) is 1. The lowest BCUT2D eigenvalue weighted by atomic mass is 9.53. The first-order chi connectivity index (χ1) is 18.8. The molecule has 5 aliphatic rings. The molecule has 3 atom stereocenters. The maximum atomic E-state index is 14.4. The van der Waals surface area contributed by atoms with Gasteiger partial charge in [-0.2, -0.15) is 0 Å². The number of benzene rings is 1. The number of piperidine rings is 1. The fourth-order valence-corrected chi connectivity index (χ4v) is 9.15. The standard InChI is InChI=1S/C34H52BNO4/c1-31(2)19-22(21-37)7-8-23(20-31)24-15-25(16-24)28-18-26-17-27(35-39-32(3,4)33(5,6)40-35)9-10-29(26)34(30(28)38)11-13-36-14-12-34/h9-10,17,22-25,28,36-37H,7-8,11-16,18-21H2,1-6H3. The maximum Gasteiger partial charge on any atom is 0.494 e. The second-order valence-corrected chi connectivity index (χ2v) is 16.0. The summed E-state index contributed by atoms with van der Waals surface area (Å²) in [7, 11) is -0.371. The Balaban J connectivity index is 1.23. The van der Waals surface area contributed by atoms with Gasteiger partial charge in [0.1, 0.15) is 5.78 Å². The fraction of sp³-hybridized carbons (Fsp3) is 0.794. The molecule has 1 aromatic carbocycles. The number of ketones is 1. The van der Waals surface area contributed by atoms with Crippen molar-refractivity contribution in [3.63, 3.8) is 0 Å². The summed E-state index contributed by atoms with van der Waals surface area (Å²) in [6, 6.07) is 6.72. The summed E-state index contributed by atoms with van der Waals surface area (Å²) in [5.41, 5.74) is 2.92. The number of aliphatic hydroxyl groups is 1. The van der Waals surface area contributed by atoms with Crippen LogP contribution < -0.4 is 10.8 Å². The zero-order chi connectivity index (χ0) is 28.5. The Labute approximate surface area is 242 Å². The van der Waals surface area contributed by atoms with E-state index in [1.54, 1.807) is 0 Å². The van der Waals surface area contributed by atoms with Crippen molar-refractivity contribution in [2.24, 2.45) is 35.0 Å². The number of rotatable bonds is 4. The van der Waals surface area contributed by atoms with E-state index in [0.717, 1.165) is 62.5 Å². The van der Waals surface area contributed by atoms with E-state index in [0.29, 0.717) is 29.6 Å². The highest BCUT2D eigenvalue weighted by molar-refractivity contribution is 6.62. The van der Waals surface area contributed by atoms with Crippen LogP contribution >= 0.6 is 0 Å². The number of fused-ring (bicyclic) bond motifs is 2. The van der Waals surface area contributed by atoms with Crippen molar-refractivity contribution in [3.05, 3.63) is 29.3 Å². The molecule has 2 saturated heterocycles. The van der Waals surface area contributed by atoms with Gasteiger partial charge in [-0.15, -0.1) is 0 Å². The van der Waals surface area contributed by atoms with Crippen molar-refractivity contribution in [1.82, 2.24) is 5.32 Å². The molecule has 3 aliphatic carbocycles. The molecule has 4 fully saturated rings. The third-order valence-electron chi connectivity index (χ3n) is 12.2. The number of hydrogen-bond acceptors (Lipinski definition) is 5. The normalized spacial score (nSPS) is 36.1. The van der Waals surface area contributed by atoms with E-state index in [1.807, 2.05) is 0 Å². The summed E-state index contributed by atoms with van der Waals surface area (Å²) in [6.07, 6.45) is 9.84. The summed E-state index contributed by atoms with van der Waals surface area (Å²) < 4.78 is 12.8. The van der Waals surface area contributed by atoms with Crippen LogP contribution in [0.25, 0.3) is 0 Å². The molecular formula is C34H52BNO4. The van der Waals surface area contributed by atoms with Gasteiger partial charge in [0.15, 0.2) is 0 Å². The second kappa shape index (κ2) is 10.2. The molecule has 1 spiro atoms. The van der Waals surface area contributed by atoms with E-state index < -0.39 is 0 Å². The summed E-state index contributed by atoms with van der Waals surface area (Å²) in [5, 5.41) is 13.4. The van der Waals surface area contributed by atoms with E-state index in [1.165, 1.54) is 36.8 Å². The third-order valence-corrected chi connectivity index (χ3v) is 12.2. The van der Waals surface area contributed by atoms with Crippen molar-refractivity contribution >= 4 is 18.4 Å². The molecule has 6 rings (SSSR count). The predicted molar refractivity (Wildman–Crippen MR) is 161 cm³/mol. The first kappa shape index (κ1) is 28.9. The Morgan fingerprint density at radius 1 is 0.925 bits per heavy atom. The molecule has 5 nitrogen and oxygen atoms in total. The van der Waals surface area contributed by atoms with Crippen molar-refractivity contribution in [1.29, 1.82) is 0 Å². The van der Waals surface area contributed by atoms with Gasteiger partial charge in [0.25, 0.3) is 0 Å². The predicted octanol–water partition coefficient (Wildman–Crippen LogP) is 5.20. The number of aliphatic hydroxyl groups excluding tert-OH is 1. The Kier molecular flexibility index (Phi) is 7.37. The highest BCUT2D eigenvalue weighted by atomic mass is 16.7. The second-order valence-electron chi connectivity index (χ2n) is 16.0. The molecule has 0 aromatic heterocycles. The molecule has 1 aromatic rings. The van der Waals surface area contributed by atoms with Gasteiger partial charge in [-0.3, -0.25) is 4.79 Å². The fourth-order valence-electron chi connectivity index (χ4n) is 9.15.